The van der Waals surface area contributed by atoms with Crippen molar-refractivity contribution >= 4 is 16.8 Å². The van der Waals surface area contributed by atoms with Crippen LogP contribution in [0.5, 0.6) is 0 Å². The highest BCUT2D eigenvalue weighted by molar-refractivity contribution is 7.82. The smallest absolute Gasteiger partial charge is 0.130 e. The number of hydrogen-bond donors (Lipinski definition) is 0. The number of aryl methyl sites for hydroxylation is 1. The van der Waals surface area contributed by atoms with Gasteiger partial charge in [-0.05, 0) is 56.7 Å². The standard InChI is InChI=1S/C20H33N3OS/c1-5-12-23(13-6-2)25(24)18-11-10-17(3)19(16-18)20(21-4)22-14-8-7-9-15-22/h10-11,16H,5-9,12-15H2,1-4H3. The summed E-state index contributed by atoms with van der Waals surface area (Å²) in [6.07, 6.45) is 5.79. The van der Waals surface area contributed by atoms with Crippen molar-refractivity contribution in [2.45, 2.75) is 57.8 Å². The molecule has 1 atom stereocenters. The minimum Gasteiger partial charge on any atom is -0.356 e. The van der Waals surface area contributed by atoms with Gasteiger partial charge in [0.15, 0.2) is 0 Å². The molecule has 1 aliphatic heterocycles. The summed E-state index contributed by atoms with van der Waals surface area (Å²) in [5, 5.41) is 0. The number of benzene rings is 1. The van der Waals surface area contributed by atoms with E-state index in [-0.39, 0.29) is 0 Å². The maximum Gasteiger partial charge on any atom is 0.130 e. The van der Waals surface area contributed by atoms with Gasteiger partial charge in [-0.2, -0.15) is 0 Å². The van der Waals surface area contributed by atoms with Crippen LogP contribution in [0.15, 0.2) is 28.1 Å². The van der Waals surface area contributed by atoms with E-state index in [0.29, 0.717) is 0 Å². The van der Waals surface area contributed by atoms with Gasteiger partial charge < -0.3 is 4.90 Å². The maximum absolute atomic E-state index is 13.1. The van der Waals surface area contributed by atoms with Crippen molar-refractivity contribution in [2.24, 2.45) is 4.99 Å². The predicted octanol–water partition coefficient (Wildman–Crippen LogP) is 4.00. The Morgan fingerprint density at radius 1 is 1.16 bits per heavy atom. The molecule has 5 heteroatoms. The first-order valence-electron chi connectivity index (χ1n) is 9.61. The van der Waals surface area contributed by atoms with Crippen molar-refractivity contribution in [1.29, 1.82) is 0 Å². The molecule has 1 aromatic carbocycles. The van der Waals surface area contributed by atoms with E-state index in [9.17, 15) is 4.21 Å². The molecule has 1 aromatic rings. The van der Waals surface area contributed by atoms with Crippen molar-refractivity contribution < 1.29 is 4.21 Å². The molecule has 1 aliphatic rings. The molecule has 0 saturated carbocycles. The van der Waals surface area contributed by atoms with Crippen molar-refractivity contribution in [3.63, 3.8) is 0 Å². The van der Waals surface area contributed by atoms with E-state index in [1.165, 1.54) is 24.8 Å². The highest BCUT2D eigenvalue weighted by Crippen LogP contribution is 2.21. The number of rotatable bonds is 7. The highest BCUT2D eigenvalue weighted by Gasteiger charge is 2.20. The van der Waals surface area contributed by atoms with Gasteiger partial charge >= 0.3 is 0 Å². The summed E-state index contributed by atoms with van der Waals surface area (Å²) in [5.41, 5.74) is 2.33. The average molecular weight is 364 g/mol. The maximum atomic E-state index is 13.1. The Morgan fingerprint density at radius 2 is 1.80 bits per heavy atom. The lowest BCUT2D eigenvalue weighted by molar-refractivity contribution is 0.342. The van der Waals surface area contributed by atoms with Crippen LogP contribution in [-0.4, -0.2) is 52.5 Å². The highest BCUT2D eigenvalue weighted by atomic mass is 32.2. The molecule has 140 valence electrons. The van der Waals surface area contributed by atoms with Gasteiger partial charge in [0.2, 0.25) is 0 Å². The molecule has 0 bridgehead atoms. The van der Waals surface area contributed by atoms with E-state index in [1.54, 1.807) is 0 Å². The fourth-order valence-corrected chi connectivity index (χ4v) is 4.81. The first-order valence-corrected chi connectivity index (χ1v) is 10.7. The fraction of sp³-hybridized carbons (Fsp3) is 0.650. The van der Waals surface area contributed by atoms with E-state index in [2.05, 4.69) is 47.1 Å². The number of nitrogens with zero attached hydrogens (tertiary/aromatic N) is 3. The van der Waals surface area contributed by atoms with Gasteiger partial charge in [-0.15, -0.1) is 0 Å². The fourth-order valence-electron chi connectivity index (χ4n) is 3.41. The Kier molecular flexibility index (Phi) is 8.10. The quantitative estimate of drug-likeness (QED) is 0.542. The van der Waals surface area contributed by atoms with Gasteiger partial charge in [0.1, 0.15) is 16.8 Å². The van der Waals surface area contributed by atoms with Crippen LogP contribution in [0.4, 0.5) is 0 Å². The number of aliphatic imine (C=N–C) groups is 1. The van der Waals surface area contributed by atoms with Crippen LogP contribution >= 0.6 is 0 Å². The van der Waals surface area contributed by atoms with E-state index in [0.717, 1.165) is 55.3 Å². The predicted molar refractivity (Wildman–Crippen MR) is 108 cm³/mol. The molecule has 1 heterocycles. The third-order valence-electron chi connectivity index (χ3n) is 4.70. The second-order valence-corrected chi connectivity index (χ2v) is 8.24. The van der Waals surface area contributed by atoms with Gasteiger partial charge in [-0.25, -0.2) is 8.51 Å². The minimum atomic E-state index is -1.10. The summed E-state index contributed by atoms with van der Waals surface area (Å²) in [5.74, 6) is 1.05. The monoisotopic (exact) mass is 363 g/mol. The summed E-state index contributed by atoms with van der Waals surface area (Å²) in [6, 6.07) is 6.20. The van der Waals surface area contributed by atoms with E-state index < -0.39 is 11.0 Å². The van der Waals surface area contributed by atoms with Crippen molar-refractivity contribution in [3.05, 3.63) is 29.3 Å². The third kappa shape index (κ3) is 5.14. The Morgan fingerprint density at radius 3 is 2.36 bits per heavy atom. The average Bonchev–Trinajstić information content (AvgIpc) is 2.64. The van der Waals surface area contributed by atoms with Crippen LogP contribution in [0, 0.1) is 6.92 Å². The largest absolute Gasteiger partial charge is 0.356 e. The van der Waals surface area contributed by atoms with Gasteiger partial charge in [0, 0.05) is 38.8 Å². The first kappa shape index (κ1) is 20.1. The molecule has 1 saturated heterocycles. The van der Waals surface area contributed by atoms with Gasteiger partial charge in [0.05, 0.1) is 4.90 Å². The van der Waals surface area contributed by atoms with Crippen LogP contribution in [0.1, 0.15) is 57.1 Å². The van der Waals surface area contributed by atoms with Crippen LogP contribution in [-0.2, 0) is 11.0 Å². The SMILES string of the molecule is CCCN(CCC)S(=O)c1ccc(C)c(C(=NC)N2CCCCC2)c1. The van der Waals surface area contributed by atoms with Crippen LogP contribution in [0.2, 0.25) is 0 Å². The molecule has 0 N–H and O–H groups in total. The lowest BCUT2D eigenvalue weighted by Gasteiger charge is -2.30. The molecular formula is C20H33N3OS. The molecule has 1 unspecified atom stereocenters. The molecule has 0 aliphatic carbocycles. The Labute approximate surface area is 155 Å². The molecule has 0 spiro atoms. The molecule has 25 heavy (non-hydrogen) atoms. The minimum absolute atomic E-state index is 0.866. The normalized spacial score (nSPS) is 17.2. The Hall–Kier alpha value is -1.20. The molecule has 1 fully saturated rings. The number of likely N-dealkylation sites (tertiary alicyclic amines) is 1. The zero-order valence-corrected chi connectivity index (χ0v) is 17.1. The zero-order chi connectivity index (χ0) is 18.2. The summed E-state index contributed by atoms with van der Waals surface area (Å²) >= 11 is 0. The summed E-state index contributed by atoms with van der Waals surface area (Å²) in [7, 11) is 0.765. The summed E-state index contributed by atoms with van der Waals surface area (Å²) < 4.78 is 15.1. The number of amidine groups is 1. The van der Waals surface area contributed by atoms with Crippen LogP contribution in [0.25, 0.3) is 0 Å². The Bertz CT molecular complexity index is 603. The molecule has 0 amide bonds. The molecule has 0 aromatic heterocycles. The van der Waals surface area contributed by atoms with Crippen molar-refractivity contribution in [3.8, 4) is 0 Å². The molecular weight excluding hydrogens is 330 g/mol. The summed E-state index contributed by atoms with van der Waals surface area (Å²) in [6.45, 7) is 10.3. The summed E-state index contributed by atoms with van der Waals surface area (Å²) in [4.78, 5) is 7.86. The van der Waals surface area contributed by atoms with Gasteiger partial charge in [0.25, 0.3) is 0 Å². The molecule has 4 nitrogen and oxygen atoms in total. The van der Waals surface area contributed by atoms with Crippen LogP contribution in [0.3, 0.4) is 0 Å². The lowest BCUT2D eigenvalue weighted by Crippen LogP contribution is -2.36. The van der Waals surface area contributed by atoms with E-state index in [1.807, 2.05) is 13.1 Å². The zero-order valence-electron chi connectivity index (χ0n) is 16.3. The molecule has 0 radical (unpaired) electrons. The van der Waals surface area contributed by atoms with Crippen LogP contribution < -0.4 is 0 Å². The first-order chi connectivity index (χ1) is 12.1. The van der Waals surface area contributed by atoms with E-state index in [4.69, 9.17) is 0 Å². The van der Waals surface area contributed by atoms with E-state index >= 15 is 0 Å². The van der Waals surface area contributed by atoms with Gasteiger partial charge in [-0.3, -0.25) is 4.99 Å². The second kappa shape index (κ2) is 10.1. The van der Waals surface area contributed by atoms with Crippen molar-refractivity contribution in [1.82, 2.24) is 9.21 Å². The Balaban J connectivity index is 2.30. The number of piperidine rings is 1. The van der Waals surface area contributed by atoms with Gasteiger partial charge in [-0.1, -0.05) is 19.9 Å². The topological polar surface area (TPSA) is 35.9 Å². The second-order valence-electron chi connectivity index (χ2n) is 6.75. The lowest BCUT2D eigenvalue weighted by atomic mass is 10.0. The molecule has 2 rings (SSSR count). The third-order valence-corrected chi connectivity index (χ3v) is 6.19. The van der Waals surface area contributed by atoms with Crippen molar-refractivity contribution in [2.75, 3.05) is 33.2 Å². The number of hydrogen-bond acceptors (Lipinski definition) is 2.